The van der Waals surface area contributed by atoms with Crippen LogP contribution in [0.4, 0.5) is 0 Å². The molecule has 1 aromatic heterocycles. The Morgan fingerprint density at radius 3 is 3.00 bits per heavy atom. The molecule has 5 heteroatoms. The van der Waals surface area contributed by atoms with E-state index in [9.17, 15) is 4.79 Å². The van der Waals surface area contributed by atoms with Crippen molar-refractivity contribution < 1.29 is 4.79 Å². The first kappa shape index (κ1) is 11.7. The van der Waals surface area contributed by atoms with Gasteiger partial charge in [0.05, 0.1) is 0 Å². The second kappa shape index (κ2) is 4.72. The minimum absolute atomic E-state index is 0.351. The van der Waals surface area contributed by atoms with Crippen molar-refractivity contribution in [2.24, 2.45) is 11.7 Å². The summed E-state index contributed by atoms with van der Waals surface area (Å²) in [7, 11) is 0. The van der Waals surface area contributed by atoms with Crippen molar-refractivity contribution in [2.45, 2.75) is 31.6 Å². The molecule has 0 radical (unpaired) electrons. The molecule has 0 unspecified atom stereocenters. The number of aromatic amines is 1. The first-order chi connectivity index (χ1) is 8.72. The first-order valence-electron chi connectivity index (χ1n) is 6.80. The highest BCUT2D eigenvalue weighted by molar-refractivity contribution is 5.90. The molecule has 3 rings (SSSR count). The van der Waals surface area contributed by atoms with Crippen molar-refractivity contribution in [3.8, 4) is 0 Å². The molecule has 0 bridgehead atoms. The van der Waals surface area contributed by atoms with Gasteiger partial charge in [0.25, 0.3) is 5.91 Å². The molecule has 0 aromatic carbocycles. The molecule has 2 fully saturated rings. The molecular weight excluding hydrogens is 228 g/mol. The van der Waals surface area contributed by atoms with E-state index >= 15 is 0 Å². The maximum atomic E-state index is 11.0. The number of rotatable bonds is 4. The van der Waals surface area contributed by atoms with Crippen LogP contribution in [0.5, 0.6) is 0 Å². The minimum atomic E-state index is -0.455. The summed E-state index contributed by atoms with van der Waals surface area (Å²) >= 11 is 0. The van der Waals surface area contributed by atoms with Crippen LogP contribution in [0.2, 0.25) is 0 Å². The molecule has 18 heavy (non-hydrogen) atoms. The van der Waals surface area contributed by atoms with Gasteiger partial charge in [0.1, 0.15) is 5.69 Å². The number of hydrogen-bond donors (Lipinski definition) is 2. The van der Waals surface area contributed by atoms with Crippen LogP contribution in [-0.2, 0) is 0 Å². The SMILES string of the molecule is NC(=O)c1cc([C@H]2CCCN(CC3CC3)C2)[nH]n1. The smallest absolute Gasteiger partial charge is 0.269 e. The lowest BCUT2D eigenvalue weighted by Gasteiger charge is -2.32. The van der Waals surface area contributed by atoms with Crippen LogP contribution in [0, 0.1) is 5.92 Å². The molecule has 2 aliphatic rings. The lowest BCUT2D eigenvalue weighted by atomic mass is 9.94. The van der Waals surface area contributed by atoms with Crippen LogP contribution in [0.1, 0.15) is 47.8 Å². The van der Waals surface area contributed by atoms with Gasteiger partial charge in [-0.2, -0.15) is 5.10 Å². The Hall–Kier alpha value is -1.36. The van der Waals surface area contributed by atoms with Gasteiger partial charge in [-0.05, 0) is 44.2 Å². The number of carbonyl (C=O) groups is 1. The number of nitrogens with one attached hydrogen (secondary N) is 1. The highest BCUT2D eigenvalue weighted by Gasteiger charge is 2.28. The molecule has 1 aliphatic heterocycles. The zero-order chi connectivity index (χ0) is 12.5. The summed E-state index contributed by atoms with van der Waals surface area (Å²) < 4.78 is 0. The highest BCUT2D eigenvalue weighted by Crippen LogP contribution is 2.32. The van der Waals surface area contributed by atoms with Crippen molar-refractivity contribution >= 4 is 5.91 Å². The molecule has 1 amide bonds. The number of amides is 1. The summed E-state index contributed by atoms with van der Waals surface area (Å²) in [4.78, 5) is 13.6. The van der Waals surface area contributed by atoms with Gasteiger partial charge in [0.15, 0.2) is 0 Å². The van der Waals surface area contributed by atoms with Gasteiger partial charge in [-0.1, -0.05) is 0 Å². The van der Waals surface area contributed by atoms with Gasteiger partial charge in [0, 0.05) is 24.7 Å². The second-order valence-corrected chi connectivity index (χ2v) is 5.61. The lowest BCUT2D eigenvalue weighted by molar-refractivity contribution is 0.0995. The predicted molar refractivity (Wildman–Crippen MR) is 68.2 cm³/mol. The summed E-state index contributed by atoms with van der Waals surface area (Å²) in [6.45, 7) is 3.54. The Morgan fingerprint density at radius 1 is 1.50 bits per heavy atom. The Morgan fingerprint density at radius 2 is 2.33 bits per heavy atom. The van der Waals surface area contributed by atoms with Crippen molar-refractivity contribution in [1.82, 2.24) is 15.1 Å². The maximum absolute atomic E-state index is 11.0. The van der Waals surface area contributed by atoms with Gasteiger partial charge >= 0.3 is 0 Å². The predicted octanol–water partition coefficient (Wildman–Crippen LogP) is 1.10. The maximum Gasteiger partial charge on any atom is 0.269 e. The van der Waals surface area contributed by atoms with Crippen molar-refractivity contribution in [3.05, 3.63) is 17.5 Å². The Labute approximate surface area is 107 Å². The number of nitrogens with two attached hydrogens (primary N) is 1. The van der Waals surface area contributed by atoms with Crippen LogP contribution in [0.15, 0.2) is 6.07 Å². The van der Waals surface area contributed by atoms with Gasteiger partial charge in [0.2, 0.25) is 0 Å². The van der Waals surface area contributed by atoms with E-state index in [0.29, 0.717) is 11.6 Å². The zero-order valence-corrected chi connectivity index (χ0v) is 10.6. The molecule has 5 nitrogen and oxygen atoms in total. The molecule has 1 atom stereocenters. The van der Waals surface area contributed by atoms with E-state index < -0.39 is 5.91 Å². The summed E-state index contributed by atoms with van der Waals surface area (Å²) in [5.74, 6) is 0.952. The van der Waals surface area contributed by atoms with Crippen LogP contribution in [0.25, 0.3) is 0 Å². The molecule has 98 valence electrons. The number of H-pyrrole nitrogens is 1. The van der Waals surface area contributed by atoms with Crippen molar-refractivity contribution in [3.63, 3.8) is 0 Å². The van der Waals surface area contributed by atoms with E-state index in [1.54, 1.807) is 0 Å². The van der Waals surface area contributed by atoms with E-state index in [1.807, 2.05) is 6.07 Å². The number of primary amides is 1. The first-order valence-corrected chi connectivity index (χ1v) is 6.80. The molecule has 1 aromatic rings. The van der Waals surface area contributed by atoms with Gasteiger partial charge in [-0.15, -0.1) is 0 Å². The van der Waals surface area contributed by atoms with Crippen molar-refractivity contribution in [2.75, 3.05) is 19.6 Å². The normalized spacial score (nSPS) is 25.2. The Kier molecular flexibility index (Phi) is 3.07. The van der Waals surface area contributed by atoms with E-state index in [4.69, 9.17) is 5.73 Å². The van der Waals surface area contributed by atoms with Crippen LogP contribution < -0.4 is 5.73 Å². The monoisotopic (exact) mass is 248 g/mol. The fraction of sp³-hybridized carbons (Fsp3) is 0.692. The average Bonchev–Trinajstić information content (AvgIpc) is 3.03. The number of piperidine rings is 1. The largest absolute Gasteiger partial charge is 0.364 e. The van der Waals surface area contributed by atoms with E-state index in [1.165, 1.54) is 38.8 Å². The number of carbonyl (C=O) groups excluding carboxylic acids is 1. The third-order valence-corrected chi connectivity index (χ3v) is 4.01. The van der Waals surface area contributed by atoms with Gasteiger partial charge in [-0.25, -0.2) is 0 Å². The number of aromatic nitrogens is 2. The Bertz CT molecular complexity index is 438. The fourth-order valence-corrected chi connectivity index (χ4v) is 2.81. The molecule has 1 saturated heterocycles. The topological polar surface area (TPSA) is 75.0 Å². The molecule has 1 aliphatic carbocycles. The van der Waals surface area contributed by atoms with Crippen LogP contribution >= 0.6 is 0 Å². The number of nitrogens with zero attached hydrogens (tertiary/aromatic N) is 2. The fourth-order valence-electron chi connectivity index (χ4n) is 2.81. The molecule has 0 spiro atoms. The van der Waals surface area contributed by atoms with E-state index in [0.717, 1.165) is 18.2 Å². The third kappa shape index (κ3) is 2.56. The minimum Gasteiger partial charge on any atom is -0.364 e. The standard InChI is InChI=1S/C13H20N4O/c14-13(18)12-6-11(15-16-12)10-2-1-5-17(8-10)7-9-3-4-9/h6,9-10H,1-5,7-8H2,(H2,14,18)(H,15,16)/t10-/m0/s1. The Balaban J connectivity index is 1.64. The van der Waals surface area contributed by atoms with E-state index in [2.05, 4.69) is 15.1 Å². The summed E-state index contributed by atoms with van der Waals surface area (Å²) in [6, 6.07) is 1.81. The molecule has 3 N–H and O–H groups in total. The molecule has 2 heterocycles. The second-order valence-electron chi connectivity index (χ2n) is 5.61. The molecular formula is C13H20N4O. The van der Waals surface area contributed by atoms with Crippen LogP contribution in [-0.4, -0.2) is 40.6 Å². The highest BCUT2D eigenvalue weighted by atomic mass is 16.1. The summed E-state index contributed by atoms with van der Waals surface area (Å²) in [6.07, 6.45) is 5.19. The summed E-state index contributed by atoms with van der Waals surface area (Å²) in [5, 5.41) is 6.94. The van der Waals surface area contributed by atoms with Crippen LogP contribution in [0.3, 0.4) is 0 Å². The van der Waals surface area contributed by atoms with Crippen molar-refractivity contribution in [1.29, 1.82) is 0 Å². The average molecular weight is 248 g/mol. The number of hydrogen-bond acceptors (Lipinski definition) is 3. The third-order valence-electron chi connectivity index (χ3n) is 4.01. The van der Waals surface area contributed by atoms with Gasteiger partial charge in [-0.3, -0.25) is 9.89 Å². The number of likely N-dealkylation sites (tertiary alicyclic amines) is 1. The van der Waals surface area contributed by atoms with E-state index in [-0.39, 0.29) is 0 Å². The summed E-state index contributed by atoms with van der Waals surface area (Å²) in [5.41, 5.74) is 6.64. The quantitative estimate of drug-likeness (QED) is 0.837. The zero-order valence-electron chi connectivity index (χ0n) is 10.6. The lowest BCUT2D eigenvalue weighted by Crippen LogP contribution is -2.35. The van der Waals surface area contributed by atoms with Gasteiger partial charge < -0.3 is 10.6 Å². The molecule has 1 saturated carbocycles.